The zero-order valence-corrected chi connectivity index (χ0v) is 16.8. The molecule has 0 heterocycles. The molecule has 0 aromatic carbocycles. The molecule has 0 unspecified atom stereocenters. The van der Waals surface area contributed by atoms with Crippen LogP contribution in [0.25, 0.3) is 0 Å². The van der Waals surface area contributed by atoms with Crippen LogP contribution in [0.1, 0.15) is 46.0 Å². The summed E-state index contributed by atoms with van der Waals surface area (Å²) in [5.41, 5.74) is 11.3. The van der Waals surface area contributed by atoms with Gasteiger partial charge in [0, 0.05) is 0 Å². The number of aliphatic carboxylic acids is 1. The van der Waals surface area contributed by atoms with E-state index in [9.17, 15) is 19.5 Å². The SMILES string of the molecule is CC[C@H](C)[C@H](NC(=O)[C@@H](N)CCSC)C(=O)N[C@@H](CCCCN)C(=O)O. The van der Waals surface area contributed by atoms with Gasteiger partial charge in [-0.2, -0.15) is 11.8 Å². The van der Waals surface area contributed by atoms with Crippen molar-refractivity contribution in [2.45, 2.75) is 64.1 Å². The minimum Gasteiger partial charge on any atom is -0.480 e. The normalized spacial score (nSPS) is 15.6. The molecular formula is C17H34N4O4S. The van der Waals surface area contributed by atoms with E-state index >= 15 is 0 Å². The quantitative estimate of drug-likeness (QED) is 0.268. The Labute approximate surface area is 160 Å². The summed E-state index contributed by atoms with van der Waals surface area (Å²) in [6, 6.07) is -2.51. The van der Waals surface area contributed by atoms with Gasteiger partial charge in [0.05, 0.1) is 6.04 Å². The number of carbonyl (C=O) groups is 3. The molecule has 9 heteroatoms. The first-order chi connectivity index (χ1) is 12.3. The molecule has 0 fully saturated rings. The van der Waals surface area contributed by atoms with Gasteiger partial charge in [0.2, 0.25) is 11.8 Å². The van der Waals surface area contributed by atoms with Gasteiger partial charge in [0.25, 0.3) is 0 Å². The van der Waals surface area contributed by atoms with Crippen LogP contribution in [0.5, 0.6) is 0 Å². The fourth-order valence-corrected chi connectivity index (χ4v) is 2.84. The molecule has 152 valence electrons. The molecular weight excluding hydrogens is 356 g/mol. The first-order valence-electron chi connectivity index (χ1n) is 9.06. The topological polar surface area (TPSA) is 148 Å². The summed E-state index contributed by atoms with van der Waals surface area (Å²) in [4.78, 5) is 36.2. The molecule has 0 aliphatic heterocycles. The van der Waals surface area contributed by atoms with Crippen LogP contribution in [0.2, 0.25) is 0 Å². The van der Waals surface area contributed by atoms with Crippen LogP contribution < -0.4 is 22.1 Å². The summed E-state index contributed by atoms with van der Waals surface area (Å²) in [6.45, 7) is 4.21. The van der Waals surface area contributed by atoms with E-state index in [4.69, 9.17) is 11.5 Å². The Morgan fingerprint density at radius 2 is 1.77 bits per heavy atom. The first-order valence-corrected chi connectivity index (χ1v) is 10.5. The molecule has 2 amide bonds. The molecule has 0 aliphatic carbocycles. The maximum atomic E-state index is 12.6. The fraction of sp³-hybridized carbons (Fsp3) is 0.824. The van der Waals surface area contributed by atoms with Gasteiger partial charge >= 0.3 is 5.97 Å². The molecule has 7 N–H and O–H groups in total. The molecule has 0 bridgehead atoms. The van der Waals surface area contributed by atoms with Crippen molar-refractivity contribution in [3.05, 3.63) is 0 Å². The van der Waals surface area contributed by atoms with Crippen molar-refractivity contribution < 1.29 is 19.5 Å². The van der Waals surface area contributed by atoms with Crippen molar-refractivity contribution in [2.75, 3.05) is 18.6 Å². The van der Waals surface area contributed by atoms with E-state index < -0.39 is 35.9 Å². The van der Waals surface area contributed by atoms with Gasteiger partial charge < -0.3 is 27.2 Å². The number of carboxylic acids is 1. The lowest BCUT2D eigenvalue weighted by atomic mass is 9.97. The van der Waals surface area contributed by atoms with Gasteiger partial charge in [-0.25, -0.2) is 4.79 Å². The molecule has 8 nitrogen and oxygen atoms in total. The van der Waals surface area contributed by atoms with Gasteiger partial charge in [-0.1, -0.05) is 20.3 Å². The van der Waals surface area contributed by atoms with Crippen molar-refractivity contribution in [1.82, 2.24) is 10.6 Å². The summed E-state index contributed by atoms with van der Waals surface area (Å²) >= 11 is 1.59. The Balaban J connectivity index is 4.95. The highest BCUT2D eigenvalue weighted by atomic mass is 32.2. The number of carboxylic acid groups (broad SMARTS) is 1. The van der Waals surface area contributed by atoms with Gasteiger partial charge in [-0.15, -0.1) is 0 Å². The van der Waals surface area contributed by atoms with Crippen LogP contribution >= 0.6 is 11.8 Å². The standard InChI is InChI=1S/C17H34N4O4S/c1-4-11(2)14(21-15(22)12(19)8-10-26-3)16(23)20-13(17(24)25)7-5-6-9-18/h11-14H,4-10,18-19H2,1-3H3,(H,20,23)(H,21,22)(H,24,25)/t11-,12-,13-,14-/m0/s1. The van der Waals surface area contributed by atoms with E-state index in [-0.39, 0.29) is 5.92 Å². The van der Waals surface area contributed by atoms with Crippen molar-refractivity contribution in [2.24, 2.45) is 17.4 Å². The fourth-order valence-electron chi connectivity index (χ4n) is 2.35. The van der Waals surface area contributed by atoms with Gasteiger partial charge in [-0.05, 0) is 50.2 Å². The maximum Gasteiger partial charge on any atom is 0.326 e. The Morgan fingerprint density at radius 1 is 1.12 bits per heavy atom. The third-order valence-electron chi connectivity index (χ3n) is 4.32. The zero-order valence-electron chi connectivity index (χ0n) is 16.0. The Kier molecular flexibility index (Phi) is 13.1. The summed E-state index contributed by atoms with van der Waals surface area (Å²) in [7, 11) is 0. The second kappa shape index (κ2) is 13.8. The number of nitrogens with one attached hydrogen (secondary N) is 2. The zero-order chi connectivity index (χ0) is 20.1. The van der Waals surface area contributed by atoms with Crippen molar-refractivity contribution in [1.29, 1.82) is 0 Å². The van der Waals surface area contributed by atoms with E-state index in [1.54, 1.807) is 11.8 Å². The number of thioether (sulfide) groups is 1. The number of hydrogen-bond donors (Lipinski definition) is 5. The molecule has 0 aliphatic rings. The van der Waals surface area contributed by atoms with Crippen LogP contribution in [0.3, 0.4) is 0 Å². The van der Waals surface area contributed by atoms with Crippen LogP contribution in [0, 0.1) is 5.92 Å². The maximum absolute atomic E-state index is 12.6. The van der Waals surface area contributed by atoms with Gasteiger partial charge in [0.15, 0.2) is 0 Å². The number of rotatable bonds is 14. The van der Waals surface area contributed by atoms with E-state index in [0.717, 1.165) is 5.75 Å². The first kappa shape index (κ1) is 24.7. The summed E-state index contributed by atoms with van der Waals surface area (Å²) in [5.74, 6) is -1.39. The molecule has 0 aromatic heterocycles. The molecule has 0 radical (unpaired) electrons. The molecule has 0 aromatic rings. The highest BCUT2D eigenvalue weighted by Gasteiger charge is 2.30. The van der Waals surface area contributed by atoms with Crippen molar-refractivity contribution >= 4 is 29.5 Å². The average Bonchev–Trinajstić information content (AvgIpc) is 2.62. The smallest absolute Gasteiger partial charge is 0.326 e. The Morgan fingerprint density at radius 3 is 2.27 bits per heavy atom. The lowest BCUT2D eigenvalue weighted by molar-refractivity contribution is -0.142. The summed E-state index contributed by atoms with van der Waals surface area (Å²) in [5, 5.41) is 14.5. The van der Waals surface area contributed by atoms with Crippen molar-refractivity contribution in [3.63, 3.8) is 0 Å². The lowest BCUT2D eigenvalue weighted by Crippen LogP contribution is -2.56. The van der Waals surface area contributed by atoms with E-state index in [0.29, 0.717) is 38.6 Å². The highest BCUT2D eigenvalue weighted by molar-refractivity contribution is 7.98. The number of hydrogen-bond acceptors (Lipinski definition) is 6. The molecule has 0 saturated heterocycles. The lowest BCUT2D eigenvalue weighted by Gasteiger charge is -2.26. The number of nitrogens with two attached hydrogens (primary N) is 2. The van der Waals surface area contributed by atoms with Crippen LogP contribution in [0.4, 0.5) is 0 Å². The Bertz CT molecular complexity index is 450. The number of carbonyl (C=O) groups excluding carboxylic acids is 2. The second-order valence-corrected chi connectivity index (χ2v) is 7.43. The summed E-state index contributed by atoms with van der Waals surface area (Å²) < 4.78 is 0. The number of amides is 2. The largest absolute Gasteiger partial charge is 0.480 e. The molecule has 4 atom stereocenters. The van der Waals surface area contributed by atoms with Crippen LogP contribution in [-0.4, -0.2) is 59.6 Å². The van der Waals surface area contributed by atoms with Crippen LogP contribution in [0.15, 0.2) is 0 Å². The third-order valence-corrected chi connectivity index (χ3v) is 4.97. The van der Waals surface area contributed by atoms with Gasteiger partial charge in [0.1, 0.15) is 12.1 Å². The number of unbranched alkanes of at least 4 members (excludes halogenated alkanes) is 1. The Hall–Kier alpha value is -1.32. The second-order valence-electron chi connectivity index (χ2n) is 6.44. The average molecular weight is 391 g/mol. The van der Waals surface area contributed by atoms with E-state index in [1.807, 2.05) is 20.1 Å². The molecule has 0 saturated carbocycles. The minimum atomic E-state index is -1.10. The summed E-state index contributed by atoms with van der Waals surface area (Å²) in [6.07, 6.45) is 4.69. The third kappa shape index (κ3) is 9.40. The van der Waals surface area contributed by atoms with E-state index in [1.165, 1.54) is 0 Å². The monoisotopic (exact) mass is 390 g/mol. The van der Waals surface area contributed by atoms with Gasteiger partial charge in [-0.3, -0.25) is 9.59 Å². The molecule has 0 rings (SSSR count). The van der Waals surface area contributed by atoms with Crippen LogP contribution in [-0.2, 0) is 14.4 Å². The van der Waals surface area contributed by atoms with Crippen molar-refractivity contribution in [3.8, 4) is 0 Å². The highest BCUT2D eigenvalue weighted by Crippen LogP contribution is 2.10. The predicted octanol–water partition coefficient (Wildman–Crippen LogP) is 0.296. The predicted molar refractivity (Wildman–Crippen MR) is 105 cm³/mol. The van der Waals surface area contributed by atoms with E-state index in [2.05, 4.69) is 10.6 Å². The molecule has 26 heavy (non-hydrogen) atoms. The molecule has 0 spiro atoms. The minimum absolute atomic E-state index is 0.148.